The number of pyridine rings is 1. The van der Waals surface area contributed by atoms with Crippen molar-refractivity contribution in [3.8, 4) is 17.7 Å². The van der Waals surface area contributed by atoms with Crippen LogP contribution in [-0.4, -0.2) is 42.7 Å². The van der Waals surface area contributed by atoms with Crippen LogP contribution in [0.2, 0.25) is 0 Å². The molecule has 2 atom stereocenters. The van der Waals surface area contributed by atoms with Gasteiger partial charge in [0.2, 0.25) is 5.88 Å². The normalized spacial score (nSPS) is 13.7. The van der Waals surface area contributed by atoms with E-state index in [1.165, 1.54) is 0 Å². The van der Waals surface area contributed by atoms with Crippen molar-refractivity contribution in [2.75, 3.05) is 27.7 Å². The van der Waals surface area contributed by atoms with Crippen LogP contribution in [0.1, 0.15) is 41.5 Å². The Kier molecular flexibility index (Phi) is 7.51. The molecule has 4 aromatic rings. The molecule has 4 heteroatoms. The number of nitrogens with zero attached hydrogens (tertiary/aromatic N) is 2. The lowest BCUT2D eigenvalue weighted by molar-refractivity contribution is 0.00515. The summed E-state index contributed by atoms with van der Waals surface area (Å²) in [5.41, 5.74) is 2.23. The van der Waals surface area contributed by atoms with Crippen LogP contribution in [0.25, 0.3) is 10.8 Å². The molecular weight excluding hydrogens is 432 g/mol. The summed E-state index contributed by atoms with van der Waals surface area (Å²) >= 11 is 0. The monoisotopic (exact) mass is 464 g/mol. The molecule has 1 aromatic heterocycles. The van der Waals surface area contributed by atoms with Crippen LogP contribution in [0.15, 0.2) is 85.1 Å². The Morgan fingerprint density at radius 3 is 2.43 bits per heavy atom. The number of hydrogen-bond acceptors (Lipinski definition) is 4. The number of aliphatic hydroxyl groups is 1. The van der Waals surface area contributed by atoms with Gasteiger partial charge in [0.1, 0.15) is 5.60 Å². The molecule has 0 bridgehead atoms. The molecule has 0 saturated heterocycles. The van der Waals surface area contributed by atoms with Crippen LogP contribution in [0.5, 0.6) is 5.88 Å². The second kappa shape index (κ2) is 10.7. The largest absolute Gasteiger partial charge is 0.481 e. The number of methoxy groups -OCH3 is 1. The van der Waals surface area contributed by atoms with E-state index in [9.17, 15) is 5.11 Å². The molecule has 0 aliphatic heterocycles. The Bertz CT molecular complexity index is 1350. The molecule has 1 heterocycles. The minimum Gasteiger partial charge on any atom is -0.481 e. The van der Waals surface area contributed by atoms with E-state index in [1.54, 1.807) is 13.3 Å². The van der Waals surface area contributed by atoms with Crippen molar-refractivity contribution < 1.29 is 9.84 Å². The Labute approximate surface area is 208 Å². The van der Waals surface area contributed by atoms with Crippen molar-refractivity contribution in [1.82, 2.24) is 9.88 Å². The van der Waals surface area contributed by atoms with Crippen LogP contribution in [0.4, 0.5) is 0 Å². The topological polar surface area (TPSA) is 45.6 Å². The molecule has 0 fully saturated rings. The highest BCUT2D eigenvalue weighted by Gasteiger charge is 2.43. The number of hydrogen-bond donors (Lipinski definition) is 1. The summed E-state index contributed by atoms with van der Waals surface area (Å²) in [5, 5.41) is 15.0. The fraction of sp³-hybridized carbons (Fsp3) is 0.258. The van der Waals surface area contributed by atoms with Gasteiger partial charge in [-0.3, -0.25) is 0 Å². The second-order valence-corrected chi connectivity index (χ2v) is 9.05. The van der Waals surface area contributed by atoms with E-state index in [0.717, 1.165) is 33.0 Å². The summed E-state index contributed by atoms with van der Waals surface area (Å²) in [7, 11) is 5.68. The summed E-state index contributed by atoms with van der Waals surface area (Å²) < 4.78 is 5.74. The second-order valence-electron chi connectivity index (χ2n) is 9.05. The maximum atomic E-state index is 12.9. The lowest BCUT2D eigenvalue weighted by Crippen LogP contribution is -2.38. The molecule has 3 aromatic carbocycles. The molecule has 35 heavy (non-hydrogen) atoms. The molecular formula is C31H32N2O2. The van der Waals surface area contributed by atoms with Gasteiger partial charge in [0.15, 0.2) is 0 Å². The van der Waals surface area contributed by atoms with Crippen molar-refractivity contribution in [2.45, 2.75) is 24.9 Å². The smallest absolute Gasteiger partial charge is 0.217 e. The van der Waals surface area contributed by atoms with Gasteiger partial charge in [-0.15, -0.1) is 5.92 Å². The lowest BCUT2D eigenvalue weighted by atomic mass is 9.70. The molecule has 0 spiro atoms. The summed E-state index contributed by atoms with van der Waals surface area (Å²) in [6.07, 6.45) is 2.23. The first kappa shape index (κ1) is 24.5. The number of aromatic nitrogens is 1. The van der Waals surface area contributed by atoms with Crippen molar-refractivity contribution in [3.63, 3.8) is 0 Å². The third-order valence-electron chi connectivity index (χ3n) is 6.46. The molecule has 0 saturated carbocycles. The van der Waals surface area contributed by atoms with Gasteiger partial charge in [0.25, 0.3) is 0 Å². The van der Waals surface area contributed by atoms with E-state index in [4.69, 9.17) is 4.74 Å². The number of fused-ring (bicyclic) bond motifs is 1. The van der Waals surface area contributed by atoms with Crippen LogP contribution in [-0.2, 0) is 5.60 Å². The van der Waals surface area contributed by atoms with Crippen LogP contribution in [0, 0.1) is 11.8 Å². The molecule has 4 rings (SSSR count). The number of benzene rings is 3. The summed E-state index contributed by atoms with van der Waals surface area (Å²) in [6.45, 7) is 2.51. The minimum absolute atomic E-state index is 0.435. The van der Waals surface area contributed by atoms with E-state index in [1.807, 2.05) is 69.6 Å². The SMILES string of the molecule is CC#Cc1cnc(OC)c(C(c2ccccc2)C(O)(CCN(C)C)c2cccc3ccccc23)c1. The maximum absolute atomic E-state index is 12.9. The zero-order chi connectivity index (χ0) is 24.8. The molecule has 1 N–H and O–H groups in total. The Balaban J connectivity index is 2.06. The maximum Gasteiger partial charge on any atom is 0.217 e. The fourth-order valence-corrected chi connectivity index (χ4v) is 4.85. The van der Waals surface area contributed by atoms with E-state index >= 15 is 0 Å². The van der Waals surface area contributed by atoms with Gasteiger partial charge in [-0.1, -0.05) is 78.7 Å². The molecule has 4 nitrogen and oxygen atoms in total. The standard InChI is InChI=1S/C31H32N2O2/c1-5-12-23-21-27(30(35-4)32-22-23)29(25-14-7-6-8-15-25)31(34,19-20-33(2)3)28-18-11-16-24-13-9-10-17-26(24)28/h6-11,13-18,21-22,29,34H,19-20H2,1-4H3. The van der Waals surface area contributed by atoms with E-state index in [-0.39, 0.29) is 0 Å². The zero-order valence-corrected chi connectivity index (χ0v) is 20.8. The van der Waals surface area contributed by atoms with Gasteiger partial charge < -0.3 is 14.7 Å². The summed E-state index contributed by atoms with van der Waals surface area (Å²) in [4.78, 5) is 6.68. The van der Waals surface area contributed by atoms with Gasteiger partial charge >= 0.3 is 0 Å². The predicted molar refractivity (Wildman–Crippen MR) is 143 cm³/mol. The minimum atomic E-state index is -1.25. The molecule has 2 unspecified atom stereocenters. The van der Waals surface area contributed by atoms with Gasteiger partial charge in [-0.2, -0.15) is 0 Å². The van der Waals surface area contributed by atoms with Crippen LogP contribution < -0.4 is 4.74 Å². The van der Waals surface area contributed by atoms with Crippen LogP contribution in [0.3, 0.4) is 0 Å². The Hall–Kier alpha value is -3.65. The predicted octanol–water partition coefficient (Wildman–Crippen LogP) is 5.59. The quantitative estimate of drug-likeness (QED) is 0.346. The molecule has 0 amide bonds. The van der Waals surface area contributed by atoms with Gasteiger partial charge in [-0.25, -0.2) is 4.98 Å². The first-order valence-electron chi connectivity index (χ1n) is 11.8. The van der Waals surface area contributed by atoms with E-state index in [0.29, 0.717) is 18.8 Å². The third-order valence-corrected chi connectivity index (χ3v) is 6.46. The molecule has 0 radical (unpaired) electrons. The molecule has 178 valence electrons. The first-order chi connectivity index (χ1) is 17.0. The third kappa shape index (κ3) is 5.07. The zero-order valence-electron chi connectivity index (χ0n) is 20.8. The highest BCUT2D eigenvalue weighted by Crippen LogP contribution is 2.48. The van der Waals surface area contributed by atoms with E-state index < -0.39 is 11.5 Å². The van der Waals surface area contributed by atoms with Gasteiger partial charge in [0, 0.05) is 29.8 Å². The summed E-state index contributed by atoms with van der Waals surface area (Å²) in [6, 6.07) is 26.5. The highest BCUT2D eigenvalue weighted by molar-refractivity contribution is 5.86. The first-order valence-corrected chi connectivity index (χ1v) is 11.8. The Morgan fingerprint density at radius 1 is 1.00 bits per heavy atom. The molecule has 0 aliphatic rings. The van der Waals surface area contributed by atoms with Crippen LogP contribution >= 0.6 is 0 Å². The fourth-order valence-electron chi connectivity index (χ4n) is 4.85. The van der Waals surface area contributed by atoms with Crippen molar-refractivity contribution >= 4 is 10.8 Å². The van der Waals surface area contributed by atoms with E-state index in [2.05, 4.69) is 52.1 Å². The van der Waals surface area contributed by atoms with Gasteiger partial charge in [-0.05, 0) is 55.4 Å². The Morgan fingerprint density at radius 2 is 1.71 bits per heavy atom. The highest BCUT2D eigenvalue weighted by atomic mass is 16.5. The number of rotatable bonds is 8. The van der Waals surface area contributed by atoms with Crippen molar-refractivity contribution in [1.29, 1.82) is 0 Å². The average molecular weight is 465 g/mol. The van der Waals surface area contributed by atoms with Crippen molar-refractivity contribution in [3.05, 3.63) is 107 Å². The molecule has 0 aliphatic carbocycles. The average Bonchev–Trinajstić information content (AvgIpc) is 2.88. The number of ether oxygens (including phenoxy) is 1. The van der Waals surface area contributed by atoms with Gasteiger partial charge in [0.05, 0.1) is 7.11 Å². The van der Waals surface area contributed by atoms with Crippen molar-refractivity contribution in [2.24, 2.45) is 0 Å². The summed E-state index contributed by atoms with van der Waals surface area (Å²) in [5.74, 6) is 6.14. The lowest BCUT2D eigenvalue weighted by Gasteiger charge is -2.39.